The normalized spacial score (nSPS) is 14.0. The molecule has 8 nitrogen and oxygen atoms in total. The number of nitrogens with one attached hydrogen (secondary N) is 1. The summed E-state index contributed by atoms with van der Waals surface area (Å²) in [5, 5.41) is 4.50. The van der Waals surface area contributed by atoms with Crippen LogP contribution < -0.4 is 24.4 Å². The predicted octanol–water partition coefficient (Wildman–Crippen LogP) is 7.06. The van der Waals surface area contributed by atoms with E-state index in [4.69, 9.17) is 14.2 Å². The van der Waals surface area contributed by atoms with Gasteiger partial charge in [-0.15, -0.1) is 0 Å². The van der Waals surface area contributed by atoms with Gasteiger partial charge in [0.15, 0.2) is 11.5 Å². The Bertz CT molecular complexity index is 1900. The van der Waals surface area contributed by atoms with Crippen molar-refractivity contribution in [1.82, 2.24) is 5.32 Å². The van der Waals surface area contributed by atoms with E-state index >= 15 is 0 Å². The van der Waals surface area contributed by atoms with E-state index in [9.17, 15) is 14.4 Å². The van der Waals surface area contributed by atoms with Crippen LogP contribution in [0.1, 0.15) is 23.6 Å². The van der Waals surface area contributed by atoms with Crippen molar-refractivity contribution in [3.8, 4) is 17.2 Å². The first-order valence-corrected chi connectivity index (χ1v) is 14.5. The zero-order valence-corrected chi connectivity index (χ0v) is 24.6. The third kappa shape index (κ3) is 6.55. The van der Waals surface area contributed by atoms with Gasteiger partial charge in [0.25, 0.3) is 11.8 Å². The molecule has 0 spiro atoms. The van der Waals surface area contributed by atoms with Crippen molar-refractivity contribution < 1.29 is 28.6 Å². The van der Waals surface area contributed by atoms with E-state index in [0.29, 0.717) is 48.3 Å². The second kappa shape index (κ2) is 13.2. The largest absolute Gasteiger partial charge is 0.490 e. The molecule has 1 heterocycles. The molecule has 45 heavy (non-hydrogen) atoms. The second-order valence-corrected chi connectivity index (χ2v) is 10.3. The number of anilines is 1. The van der Waals surface area contributed by atoms with Crippen molar-refractivity contribution in [3.63, 3.8) is 0 Å². The molecule has 0 unspecified atom stereocenters. The Morgan fingerprint density at radius 2 is 1.47 bits per heavy atom. The van der Waals surface area contributed by atoms with Gasteiger partial charge in [-0.25, -0.2) is 9.69 Å². The number of benzene rings is 5. The lowest BCUT2D eigenvalue weighted by molar-refractivity contribution is -0.122. The lowest BCUT2D eigenvalue weighted by Gasteiger charge is -2.26. The maximum Gasteiger partial charge on any atom is 0.335 e. The molecule has 0 saturated carbocycles. The molecule has 0 radical (unpaired) electrons. The number of carbonyl (C=O) groups excluding carboxylic acids is 3. The molecule has 0 aromatic heterocycles. The first kappa shape index (κ1) is 29.2. The number of barbiturate groups is 1. The van der Waals surface area contributed by atoms with Crippen LogP contribution in [0.25, 0.3) is 16.8 Å². The fourth-order valence-corrected chi connectivity index (χ4v) is 5.07. The Hall–Kier alpha value is -5.89. The standard InChI is InChI=1S/C37H30N2O6/c1-2-43-34-22-26(15-20-33(34)45-24-28-13-8-12-27-11-6-7-14-31(27)28)21-32-35(40)38-37(42)39(36(32)41)29-16-18-30(19-17-29)44-23-25-9-4-3-5-10-25/h3-22H,2,23-24H2,1H3,(H,38,40,42)/b32-21+. The number of carbonyl (C=O) groups is 3. The Kier molecular flexibility index (Phi) is 8.55. The minimum Gasteiger partial charge on any atom is -0.490 e. The Morgan fingerprint density at radius 3 is 2.27 bits per heavy atom. The lowest BCUT2D eigenvalue weighted by atomic mass is 10.1. The van der Waals surface area contributed by atoms with Crippen molar-refractivity contribution >= 4 is 40.4 Å². The van der Waals surface area contributed by atoms with Gasteiger partial charge in [0.2, 0.25) is 0 Å². The Balaban J connectivity index is 1.20. The van der Waals surface area contributed by atoms with Gasteiger partial charge in [-0.05, 0) is 76.9 Å². The van der Waals surface area contributed by atoms with Crippen LogP contribution in [-0.4, -0.2) is 24.5 Å². The first-order chi connectivity index (χ1) is 22.0. The van der Waals surface area contributed by atoms with Gasteiger partial charge >= 0.3 is 6.03 Å². The SMILES string of the molecule is CCOc1cc(/C=C2\C(=O)NC(=O)N(c3ccc(OCc4ccccc4)cc3)C2=O)ccc1OCc1cccc2ccccc12. The Morgan fingerprint density at radius 1 is 0.711 bits per heavy atom. The van der Waals surface area contributed by atoms with Gasteiger partial charge in [-0.1, -0.05) is 78.9 Å². The molecule has 4 amide bonds. The van der Waals surface area contributed by atoms with E-state index in [1.54, 1.807) is 42.5 Å². The molecular weight excluding hydrogens is 568 g/mol. The van der Waals surface area contributed by atoms with E-state index in [-0.39, 0.29) is 5.57 Å². The van der Waals surface area contributed by atoms with Gasteiger partial charge in [0.05, 0.1) is 12.3 Å². The summed E-state index contributed by atoms with van der Waals surface area (Å²) in [5.41, 5.74) is 2.69. The van der Waals surface area contributed by atoms with Crippen molar-refractivity contribution in [2.75, 3.05) is 11.5 Å². The van der Waals surface area contributed by atoms with Crippen LogP contribution in [0.3, 0.4) is 0 Å². The molecule has 1 aliphatic rings. The smallest absolute Gasteiger partial charge is 0.335 e. The molecule has 0 aliphatic carbocycles. The van der Waals surface area contributed by atoms with E-state index in [0.717, 1.165) is 26.8 Å². The van der Waals surface area contributed by atoms with Gasteiger partial charge in [-0.2, -0.15) is 0 Å². The van der Waals surface area contributed by atoms with E-state index in [1.807, 2.05) is 61.5 Å². The summed E-state index contributed by atoms with van der Waals surface area (Å²) in [6.07, 6.45) is 1.44. The van der Waals surface area contributed by atoms with Crippen LogP contribution in [0.5, 0.6) is 17.2 Å². The minimum atomic E-state index is -0.827. The van der Waals surface area contributed by atoms with Crippen LogP contribution in [-0.2, 0) is 22.8 Å². The fourth-order valence-electron chi connectivity index (χ4n) is 5.07. The number of fused-ring (bicyclic) bond motifs is 1. The van der Waals surface area contributed by atoms with Crippen molar-refractivity contribution in [3.05, 3.63) is 138 Å². The molecule has 6 rings (SSSR count). The Labute approximate surface area is 260 Å². The highest BCUT2D eigenvalue weighted by Crippen LogP contribution is 2.32. The number of hydrogen-bond acceptors (Lipinski definition) is 6. The monoisotopic (exact) mass is 598 g/mol. The van der Waals surface area contributed by atoms with Crippen molar-refractivity contribution in [1.29, 1.82) is 0 Å². The number of amides is 4. The van der Waals surface area contributed by atoms with Gasteiger partial charge < -0.3 is 14.2 Å². The van der Waals surface area contributed by atoms with Crippen LogP contribution in [0.2, 0.25) is 0 Å². The van der Waals surface area contributed by atoms with Gasteiger partial charge in [-0.3, -0.25) is 14.9 Å². The molecule has 1 saturated heterocycles. The van der Waals surface area contributed by atoms with Crippen molar-refractivity contribution in [2.24, 2.45) is 0 Å². The molecule has 224 valence electrons. The van der Waals surface area contributed by atoms with Crippen LogP contribution in [0.15, 0.2) is 121 Å². The highest BCUT2D eigenvalue weighted by molar-refractivity contribution is 6.39. The third-order valence-electron chi connectivity index (χ3n) is 7.29. The number of nitrogens with zero attached hydrogens (tertiary/aromatic N) is 1. The summed E-state index contributed by atoms with van der Waals surface area (Å²) >= 11 is 0. The molecule has 8 heteroatoms. The quantitative estimate of drug-likeness (QED) is 0.137. The fraction of sp³-hybridized carbons (Fsp3) is 0.108. The summed E-state index contributed by atoms with van der Waals surface area (Å²) in [4.78, 5) is 39.9. The highest BCUT2D eigenvalue weighted by Gasteiger charge is 2.36. The molecular formula is C37H30N2O6. The highest BCUT2D eigenvalue weighted by atomic mass is 16.5. The number of urea groups is 1. The molecule has 1 N–H and O–H groups in total. The zero-order valence-electron chi connectivity index (χ0n) is 24.6. The average Bonchev–Trinajstić information content (AvgIpc) is 3.06. The average molecular weight is 599 g/mol. The minimum absolute atomic E-state index is 0.189. The molecule has 1 aliphatic heterocycles. The van der Waals surface area contributed by atoms with E-state index in [1.165, 1.54) is 6.08 Å². The van der Waals surface area contributed by atoms with Crippen LogP contribution in [0, 0.1) is 0 Å². The number of hydrogen-bond donors (Lipinski definition) is 1. The summed E-state index contributed by atoms with van der Waals surface area (Å²) in [6, 6.07) is 34.8. The lowest BCUT2D eigenvalue weighted by Crippen LogP contribution is -2.54. The van der Waals surface area contributed by atoms with Gasteiger partial charge in [0, 0.05) is 0 Å². The maximum absolute atomic E-state index is 13.5. The first-order valence-electron chi connectivity index (χ1n) is 14.5. The summed E-state index contributed by atoms with van der Waals surface area (Å²) in [6.45, 7) is 2.95. The predicted molar refractivity (Wildman–Crippen MR) is 172 cm³/mol. The van der Waals surface area contributed by atoms with Crippen molar-refractivity contribution in [2.45, 2.75) is 20.1 Å². The van der Waals surface area contributed by atoms with Gasteiger partial charge in [0.1, 0.15) is 24.5 Å². The molecule has 0 atom stereocenters. The number of imide groups is 2. The second-order valence-electron chi connectivity index (χ2n) is 10.3. The molecule has 0 bridgehead atoms. The maximum atomic E-state index is 13.5. The zero-order chi connectivity index (χ0) is 31.2. The third-order valence-corrected chi connectivity index (χ3v) is 7.29. The molecule has 1 fully saturated rings. The van der Waals surface area contributed by atoms with E-state index < -0.39 is 17.8 Å². The summed E-state index contributed by atoms with van der Waals surface area (Å²) in [5.74, 6) is 0.0484. The number of rotatable bonds is 10. The van der Waals surface area contributed by atoms with Crippen LogP contribution in [0.4, 0.5) is 10.5 Å². The van der Waals surface area contributed by atoms with Crippen LogP contribution >= 0.6 is 0 Å². The topological polar surface area (TPSA) is 94.2 Å². The van der Waals surface area contributed by atoms with E-state index in [2.05, 4.69) is 23.5 Å². The summed E-state index contributed by atoms with van der Waals surface area (Å²) in [7, 11) is 0. The number of ether oxygens (including phenoxy) is 3. The molecule has 5 aromatic rings. The summed E-state index contributed by atoms with van der Waals surface area (Å²) < 4.78 is 17.8. The molecule has 5 aromatic carbocycles.